The van der Waals surface area contributed by atoms with E-state index in [0.717, 1.165) is 11.1 Å². The molecule has 0 bridgehead atoms. The molecule has 2 aromatic rings. The van der Waals surface area contributed by atoms with E-state index in [4.69, 9.17) is 5.26 Å². The predicted octanol–water partition coefficient (Wildman–Crippen LogP) is 3.91. The van der Waals surface area contributed by atoms with E-state index in [2.05, 4.69) is 10.3 Å². The summed E-state index contributed by atoms with van der Waals surface area (Å²) in [7, 11) is 0. The number of hydrogen-bond acceptors (Lipinski definition) is 2. The second-order valence-electron chi connectivity index (χ2n) is 5.11. The maximum absolute atomic E-state index is 13.8. The van der Waals surface area contributed by atoms with E-state index < -0.39 is 0 Å². The van der Waals surface area contributed by atoms with Crippen molar-refractivity contribution in [2.75, 3.05) is 0 Å². The number of nitriles is 1. The van der Waals surface area contributed by atoms with Crippen LogP contribution in [0, 0.1) is 24.2 Å². The molecule has 0 fully saturated rings. The van der Waals surface area contributed by atoms with Crippen LogP contribution in [0.2, 0.25) is 0 Å². The molecule has 1 unspecified atom stereocenters. The maximum atomic E-state index is 13.8. The fourth-order valence-corrected chi connectivity index (χ4v) is 2.29. The molecule has 0 saturated carbocycles. The molecule has 2 rings (SSSR count). The minimum Gasteiger partial charge on any atom is -0.280 e. The molecule has 2 aromatic carbocycles. The maximum Gasteiger partial charge on any atom is 0.182 e. The van der Waals surface area contributed by atoms with Crippen molar-refractivity contribution in [2.45, 2.75) is 26.3 Å². The molecule has 0 saturated heterocycles. The minimum absolute atomic E-state index is 0.286. The summed E-state index contributed by atoms with van der Waals surface area (Å²) in [6.45, 7) is 3.83. The first-order valence-electron chi connectivity index (χ1n) is 7.12. The summed E-state index contributed by atoms with van der Waals surface area (Å²) in [4.78, 5) is 4.48. The van der Waals surface area contributed by atoms with E-state index in [1.807, 2.05) is 44.3 Å². The Balaban J connectivity index is 2.26. The first-order chi connectivity index (χ1) is 10.6. The van der Waals surface area contributed by atoms with E-state index in [1.54, 1.807) is 18.2 Å². The van der Waals surface area contributed by atoms with Crippen molar-refractivity contribution in [3.05, 3.63) is 71.0 Å². The fraction of sp³-hybridized carbons (Fsp3) is 0.222. The summed E-state index contributed by atoms with van der Waals surface area (Å²) in [6, 6.07) is 14.1. The zero-order valence-electron chi connectivity index (χ0n) is 12.7. The molecule has 0 spiro atoms. The Bertz CT molecular complexity index is 716. The van der Waals surface area contributed by atoms with Gasteiger partial charge in [-0.15, -0.1) is 0 Å². The summed E-state index contributed by atoms with van der Waals surface area (Å²) in [6.07, 6.45) is 2.42. The normalized spacial score (nSPS) is 12.5. The van der Waals surface area contributed by atoms with Crippen molar-refractivity contribution in [3.8, 4) is 6.19 Å². The van der Waals surface area contributed by atoms with Crippen molar-refractivity contribution >= 4 is 5.84 Å². The van der Waals surface area contributed by atoms with E-state index in [0.29, 0.717) is 17.8 Å². The number of aryl methyl sites for hydroxylation is 1. The van der Waals surface area contributed by atoms with Crippen LogP contribution in [-0.2, 0) is 6.42 Å². The third kappa shape index (κ3) is 3.92. The van der Waals surface area contributed by atoms with Gasteiger partial charge in [-0.1, -0.05) is 42.5 Å². The number of benzene rings is 2. The van der Waals surface area contributed by atoms with Crippen LogP contribution in [0.25, 0.3) is 0 Å². The van der Waals surface area contributed by atoms with Crippen LogP contribution in [0.4, 0.5) is 4.39 Å². The van der Waals surface area contributed by atoms with Crippen molar-refractivity contribution in [1.82, 2.24) is 5.32 Å². The van der Waals surface area contributed by atoms with Gasteiger partial charge in [-0.05, 0) is 31.0 Å². The van der Waals surface area contributed by atoms with Crippen molar-refractivity contribution in [3.63, 3.8) is 0 Å². The van der Waals surface area contributed by atoms with Gasteiger partial charge in [0.05, 0.1) is 6.04 Å². The van der Waals surface area contributed by atoms with E-state index in [9.17, 15) is 4.39 Å². The number of nitrogens with one attached hydrogen (secondary N) is 1. The van der Waals surface area contributed by atoms with Crippen LogP contribution in [0.3, 0.4) is 0 Å². The van der Waals surface area contributed by atoms with Crippen LogP contribution >= 0.6 is 0 Å². The molecule has 1 N–H and O–H groups in total. The zero-order valence-corrected chi connectivity index (χ0v) is 12.7. The standard InChI is InChI=1S/C18H18FN3/c1-13-7-3-4-8-15(13)11-18(21-12-20)22-14(2)16-9-5-6-10-17(16)19/h3-10,14H,11H2,1-2H3,(H,21,22). The van der Waals surface area contributed by atoms with Gasteiger partial charge in [-0.3, -0.25) is 10.3 Å². The Morgan fingerprint density at radius 1 is 1.23 bits per heavy atom. The summed E-state index contributed by atoms with van der Waals surface area (Å²) in [5, 5.41) is 11.5. The highest BCUT2D eigenvalue weighted by molar-refractivity contribution is 5.86. The first kappa shape index (κ1) is 15.7. The molecular weight excluding hydrogens is 277 g/mol. The second-order valence-corrected chi connectivity index (χ2v) is 5.11. The average Bonchev–Trinajstić information content (AvgIpc) is 2.50. The molecule has 0 aliphatic carbocycles. The van der Waals surface area contributed by atoms with Crippen LogP contribution < -0.4 is 5.32 Å². The first-order valence-corrected chi connectivity index (χ1v) is 7.12. The Morgan fingerprint density at radius 3 is 2.59 bits per heavy atom. The smallest absolute Gasteiger partial charge is 0.182 e. The number of halogens is 1. The van der Waals surface area contributed by atoms with Gasteiger partial charge in [0.15, 0.2) is 6.19 Å². The third-order valence-corrected chi connectivity index (χ3v) is 3.52. The van der Waals surface area contributed by atoms with Gasteiger partial charge in [-0.25, -0.2) is 4.39 Å². The molecular formula is C18H18FN3. The van der Waals surface area contributed by atoms with E-state index in [1.165, 1.54) is 6.07 Å². The van der Waals surface area contributed by atoms with Crippen LogP contribution in [-0.4, -0.2) is 5.84 Å². The molecule has 1 atom stereocenters. The van der Waals surface area contributed by atoms with Crippen LogP contribution in [0.15, 0.2) is 53.5 Å². The lowest BCUT2D eigenvalue weighted by Gasteiger charge is -2.12. The Hall–Kier alpha value is -2.67. The van der Waals surface area contributed by atoms with Crippen molar-refractivity contribution in [2.24, 2.45) is 4.99 Å². The lowest BCUT2D eigenvalue weighted by Crippen LogP contribution is -2.22. The van der Waals surface area contributed by atoms with Gasteiger partial charge >= 0.3 is 0 Å². The Labute approximate surface area is 130 Å². The largest absolute Gasteiger partial charge is 0.280 e. The molecule has 0 radical (unpaired) electrons. The molecule has 0 heterocycles. The summed E-state index contributed by atoms with van der Waals surface area (Å²) in [5.74, 6) is 0.249. The fourth-order valence-electron chi connectivity index (χ4n) is 2.29. The van der Waals surface area contributed by atoms with E-state index in [-0.39, 0.29) is 11.9 Å². The molecule has 0 aromatic heterocycles. The monoisotopic (exact) mass is 295 g/mol. The highest BCUT2D eigenvalue weighted by atomic mass is 19.1. The third-order valence-electron chi connectivity index (χ3n) is 3.52. The topological polar surface area (TPSA) is 48.2 Å². The lowest BCUT2D eigenvalue weighted by molar-refractivity contribution is 0.593. The molecule has 4 heteroatoms. The highest BCUT2D eigenvalue weighted by Crippen LogP contribution is 2.20. The van der Waals surface area contributed by atoms with Gasteiger partial charge in [0, 0.05) is 12.0 Å². The van der Waals surface area contributed by atoms with Crippen LogP contribution in [0.1, 0.15) is 29.7 Å². The molecule has 3 nitrogen and oxygen atoms in total. The molecule has 112 valence electrons. The quantitative estimate of drug-likeness (QED) is 0.402. The van der Waals surface area contributed by atoms with Gasteiger partial charge < -0.3 is 0 Å². The number of rotatable bonds is 4. The average molecular weight is 295 g/mol. The minimum atomic E-state index is -0.360. The SMILES string of the molecule is Cc1ccccc1CC(=NC(C)c1ccccc1F)NC#N. The van der Waals surface area contributed by atoms with Gasteiger partial charge in [0.1, 0.15) is 11.7 Å². The summed E-state index contributed by atoms with van der Waals surface area (Å²) in [5.41, 5.74) is 2.74. The van der Waals surface area contributed by atoms with Gasteiger partial charge in [0.2, 0.25) is 0 Å². The van der Waals surface area contributed by atoms with E-state index >= 15 is 0 Å². The number of hydrogen-bond donors (Lipinski definition) is 1. The second kappa shape index (κ2) is 7.37. The van der Waals surface area contributed by atoms with Crippen molar-refractivity contribution in [1.29, 1.82) is 5.26 Å². The van der Waals surface area contributed by atoms with Crippen molar-refractivity contribution < 1.29 is 4.39 Å². The molecule has 22 heavy (non-hydrogen) atoms. The highest BCUT2D eigenvalue weighted by Gasteiger charge is 2.11. The lowest BCUT2D eigenvalue weighted by atomic mass is 10.0. The predicted molar refractivity (Wildman–Crippen MR) is 85.9 cm³/mol. The number of nitrogens with zero attached hydrogens (tertiary/aromatic N) is 2. The summed E-state index contributed by atoms with van der Waals surface area (Å²) >= 11 is 0. The van der Waals surface area contributed by atoms with Crippen LogP contribution in [0.5, 0.6) is 0 Å². The molecule has 0 amide bonds. The summed E-state index contributed by atoms with van der Waals surface area (Å²) < 4.78 is 13.8. The number of aliphatic imine (C=N–C) groups is 1. The van der Waals surface area contributed by atoms with Gasteiger partial charge in [-0.2, -0.15) is 5.26 Å². The molecule has 0 aliphatic rings. The number of amidine groups is 1. The zero-order chi connectivity index (χ0) is 15.9. The Kier molecular flexibility index (Phi) is 5.26. The Morgan fingerprint density at radius 2 is 1.91 bits per heavy atom. The molecule has 0 aliphatic heterocycles. The van der Waals surface area contributed by atoms with Gasteiger partial charge in [0.25, 0.3) is 0 Å².